The fourth-order valence-corrected chi connectivity index (χ4v) is 2.78. The highest BCUT2D eigenvalue weighted by Gasteiger charge is 2.21. The van der Waals surface area contributed by atoms with E-state index in [0.29, 0.717) is 18.5 Å². The lowest BCUT2D eigenvalue weighted by Gasteiger charge is -2.15. The monoisotopic (exact) mass is 308 g/mol. The molecule has 23 heavy (non-hydrogen) atoms. The quantitative estimate of drug-likeness (QED) is 0.923. The zero-order valence-electron chi connectivity index (χ0n) is 13.0. The molecule has 1 saturated heterocycles. The molecule has 3 rings (SSSR count). The number of nitrogens with one attached hydrogen (secondary N) is 1. The van der Waals surface area contributed by atoms with E-state index in [9.17, 15) is 9.59 Å². The van der Waals surface area contributed by atoms with Gasteiger partial charge < -0.3 is 10.2 Å². The lowest BCUT2D eigenvalue weighted by molar-refractivity contribution is -0.117. The van der Waals surface area contributed by atoms with Crippen molar-refractivity contribution in [3.05, 3.63) is 65.7 Å². The lowest BCUT2D eigenvalue weighted by Crippen LogP contribution is -2.26. The van der Waals surface area contributed by atoms with Crippen LogP contribution in [0.3, 0.4) is 0 Å². The second-order valence-corrected chi connectivity index (χ2v) is 5.69. The van der Waals surface area contributed by atoms with Gasteiger partial charge >= 0.3 is 0 Å². The van der Waals surface area contributed by atoms with Gasteiger partial charge in [-0.15, -0.1) is 0 Å². The van der Waals surface area contributed by atoms with Gasteiger partial charge in [0.25, 0.3) is 5.91 Å². The van der Waals surface area contributed by atoms with E-state index < -0.39 is 0 Å². The first kappa shape index (κ1) is 15.3. The second-order valence-electron chi connectivity index (χ2n) is 5.69. The second kappa shape index (κ2) is 7.09. The van der Waals surface area contributed by atoms with Crippen molar-refractivity contribution in [1.29, 1.82) is 0 Å². The third kappa shape index (κ3) is 3.77. The Labute approximate surface area is 136 Å². The molecule has 0 spiro atoms. The highest BCUT2D eigenvalue weighted by Crippen LogP contribution is 2.21. The fraction of sp³-hybridized carbons (Fsp3) is 0.263. The molecular formula is C19H20N2O2. The minimum Gasteiger partial charge on any atom is -0.352 e. The van der Waals surface area contributed by atoms with E-state index in [-0.39, 0.29) is 11.8 Å². The number of carbonyl (C=O) groups excluding carboxylic acids is 2. The molecule has 2 aromatic rings. The summed E-state index contributed by atoms with van der Waals surface area (Å²) in [5, 5.41) is 2.93. The molecule has 4 nitrogen and oxygen atoms in total. The van der Waals surface area contributed by atoms with Crippen molar-refractivity contribution in [2.45, 2.75) is 19.3 Å². The van der Waals surface area contributed by atoms with E-state index in [2.05, 4.69) is 5.32 Å². The van der Waals surface area contributed by atoms with Gasteiger partial charge in [0.05, 0.1) is 0 Å². The highest BCUT2D eigenvalue weighted by atomic mass is 16.2. The minimum absolute atomic E-state index is 0.0831. The van der Waals surface area contributed by atoms with Crippen molar-refractivity contribution >= 4 is 17.5 Å². The number of rotatable bonds is 5. The Bertz CT molecular complexity index is 680. The van der Waals surface area contributed by atoms with Crippen LogP contribution in [-0.4, -0.2) is 24.9 Å². The average molecular weight is 308 g/mol. The topological polar surface area (TPSA) is 49.4 Å². The molecule has 0 saturated carbocycles. The van der Waals surface area contributed by atoms with Crippen LogP contribution in [0.25, 0.3) is 0 Å². The van der Waals surface area contributed by atoms with Gasteiger partial charge in [-0.05, 0) is 42.7 Å². The number of benzene rings is 2. The largest absolute Gasteiger partial charge is 0.352 e. The van der Waals surface area contributed by atoms with Crippen LogP contribution in [0.2, 0.25) is 0 Å². The number of hydrogen-bond donors (Lipinski definition) is 1. The maximum absolute atomic E-state index is 12.1. The van der Waals surface area contributed by atoms with Crippen LogP contribution in [-0.2, 0) is 11.2 Å². The molecule has 2 aromatic carbocycles. The average Bonchev–Trinajstić information content (AvgIpc) is 3.02. The first-order valence-corrected chi connectivity index (χ1v) is 7.96. The van der Waals surface area contributed by atoms with E-state index in [1.165, 1.54) is 5.56 Å². The third-order valence-corrected chi connectivity index (χ3v) is 4.06. The summed E-state index contributed by atoms with van der Waals surface area (Å²) in [6, 6.07) is 17.3. The molecule has 4 heteroatoms. The van der Waals surface area contributed by atoms with Crippen LogP contribution in [0.1, 0.15) is 28.8 Å². The van der Waals surface area contributed by atoms with E-state index in [4.69, 9.17) is 0 Å². The summed E-state index contributed by atoms with van der Waals surface area (Å²) in [5.41, 5.74) is 2.69. The van der Waals surface area contributed by atoms with Crippen LogP contribution in [0.4, 0.5) is 5.69 Å². The summed E-state index contributed by atoms with van der Waals surface area (Å²) in [5.74, 6) is 0.0743. The standard InChI is InChI=1S/C19H20N2O2/c22-18-7-4-14-21(18)17-10-8-16(9-11-17)19(23)20-13-12-15-5-2-1-3-6-15/h1-3,5-6,8-11H,4,7,12-14H2,(H,20,23). The van der Waals surface area contributed by atoms with Crippen molar-refractivity contribution in [2.24, 2.45) is 0 Å². The Morgan fingerprint density at radius 1 is 1.04 bits per heavy atom. The molecule has 0 aliphatic carbocycles. The van der Waals surface area contributed by atoms with Crippen molar-refractivity contribution in [2.75, 3.05) is 18.0 Å². The van der Waals surface area contributed by atoms with Gasteiger partial charge in [-0.1, -0.05) is 30.3 Å². The molecular weight excluding hydrogens is 288 g/mol. The summed E-state index contributed by atoms with van der Waals surface area (Å²) in [4.78, 5) is 25.6. The Hall–Kier alpha value is -2.62. The number of amides is 2. The van der Waals surface area contributed by atoms with Gasteiger partial charge in [-0.2, -0.15) is 0 Å². The van der Waals surface area contributed by atoms with Crippen LogP contribution in [0, 0.1) is 0 Å². The lowest BCUT2D eigenvalue weighted by atomic mass is 10.1. The number of carbonyl (C=O) groups is 2. The van der Waals surface area contributed by atoms with Crippen molar-refractivity contribution in [1.82, 2.24) is 5.32 Å². The molecule has 0 aromatic heterocycles. The van der Waals surface area contributed by atoms with Crippen molar-refractivity contribution < 1.29 is 9.59 Å². The molecule has 0 bridgehead atoms. The molecule has 1 N–H and O–H groups in total. The predicted octanol–water partition coefficient (Wildman–Crippen LogP) is 2.79. The molecule has 2 amide bonds. The van der Waals surface area contributed by atoms with E-state index in [1.54, 1.807) is 17.0 Å². The zero-order chi connectivity index (χ0) is 16.1. The zero-order valence-corrected chi connectivity index (χ0v) is 13.0. The highest BCUT2D eigenvalue weighted by molar-refractivity contribution is 5.97. The first-order valence-electron chi connectivity index (χ1n) is 7.96. The molecule has 1 fully saturated rings. The van der Waals surface area contributed by atoms with E-state index in [0.717, 1.165) is 25.1 Å². The molecule has 1 heterocycles. The van der Waals surface area contributed by atoms with Gasteiger partial charge in [0.1, 0.15) is 0 Å². The van der Waals surface area contributed by atoms with E-state index >= 15 is 0 Å². The van der Waals surface area contributed by atoms with Gasteiger partial charge in [0, 0.05) is 30.8 Å². The van der Waals surface area contributed by atoms with Gasteiger partial charge in [0.2, 0.25) is 5.91 Å². The summed E-state index contributed by atoms with van der Waals surface area (Å²) >= 11 is 0. The molecule has 1 aliphatic rings. The first-order chi connectivity index (χ1) is 11.2. The maximum atomic E-state index is 12.1. The predicted molar refractivity (Wildman–Crippen MR) is 90.5 cm³/mol. The molecule has 1 aliphatic heterocycles. The third-order valence-electron chi connectivity index (χ3n) is 4.06. The Morgan fingerprint density at radius 3 is 2.43 bits per heavy atom. The Balaban J connectivity index is 1.54. The van der Waals surface area contributed by atoms with Crippen LogP contribution in [0.15, 0.2) is 54.6 Å². The van der Waals surface area contributed by atoms with Crippen molar-refractivity contribution in [3.8, 4) is 0 Å². The molecule has 0 atom stereocenters. The maximum Gasteiger partial charge on any atom is 0.251 e. The number of nitrogens with zero attached hydrogens (tertiary/aromatic N) is 1. The van der Waals surface area contributed by atoms with Crippen LogP contribution >= 0.6 is 0 Å². The summed E-state index contributed by atoms with van der Waals surface area (Å²) in [6.45, 7) is 1.37. The molecule has 118 valence electrons. The van der Waals surface area contributed by atoms with Gasteiger partial charge in [0.15, 0.2) is 0 Å². The van der Waals surface area contributed by atoms with Crippen LogP contribution in [0.5, 0.6) is 0 Å². The van der Waals surface area contributed by atoms with E-state index in [1.807, 2.05) is 42.5 Å². The smallest absolute Gasteiger partial charge is 0.251 e. The van der Waals surface area contributed by atoms with Gasteiger partial charge in [-0.25, -0.2) is 0 Å². The minimum atomic E-state index is -0.0831. The molecule has 0 radical (unpaired) electrons. The summed E-state index contributed by atoms with van der Waals surface area (Å²) in [7, 11) is 0. The normalized spacial score (nSPS) is 14.1. The van der Waals surface area contributed by atoms with Gasteiger partial charge in [-0.3, -0.25) is 9.59 Å². The Morgan fingerprint density at radius 2 is 1.78 bits per heavy atom. The Kier molecular flexibility index (Phi) is 4.71. The SMILES string of the molecule is O=C(NCCc1ccccc1)c1ccc(N2CCCC2=O)cc1. The number of anilines is 1. The number of hydrogen-bond acceptors (Lipinski definition) is 2. The van der Waals surface area contributed by atoms with Crippen molar-refractivity contribution in [3.63, 3.8) is 0 Å². The molecule has 0 unspecified atom stereocenters. The van der Waals surface area contributed by atoms with Crippen LogP contribution < -0.4 is 10.2 Å². The fourth-order valence-electron chi connectivity index (χ4n) is 2.78. The summed E-state index contributed by atoms with van der Waals surface area (Å²) in [6.07, 6.45) is 2.33. The summed E-state index contributed by atoms with van der Waals surface area (Å²) < 4.78 is 0.